The van der Waals surface area contributed by atoms with Gasteiger partial charge in [0, 0.05) is 0 Å². The molecule has 0 aliphatic heterocycles. The minimum Gasteiger partial charge on any atom is -0.278 e. The second kappa shape index (κ2) is 6.90. The van der Waals surface area contributed by atoms with E-state index in [0.717, 1.165) is 18.5 Å². The molecule has 0 saturated carbocycles. The van der Waals surface area contributed by atoms with Gasteiger partial charge in [0.25, 0.3) is 0 Å². The van der Waals surface area contributed by atoms with Crippen molar-refractivity contribution in [3.63, 3.8) is 0 Å². The Morgan fingerprint density at radius 1 is 1.21 bits per heavy atom. The lowest BCUT2D eigenvalue weighted by atomic mass is 9.90. The maximum absolute atomic E-state index is 6.16. The van der Waals surface area contributed by atoms with Crippen molar-refractivity contribution in [2.45, 2.75) is 31.8 Å². The Hall–Kier alpha value is -1.30. The van der Waals surface area contributed by atoms with E-state index in [4.69, 9.17) is 23.2 Å². The van der Waals surface area contributed by atoms with Gasteiger partial charge in [-0.05, 0) is 41.7 Å². The highest BCUT2D eigenvalue weighted by atomic mass is 35.5. The van der Waals surface area contributed by atoms with Crippen LogP contribution in [-0.2, 0) is 12.8 Å². The number of nitrogens with zero attached hydrogens (tertiary/aromatic N) is 3. The van der Waals surface area contributed by atoms with Crippen molar-refractivity contribution in [3.05, 3.63) is 45.2 Å². The summed E-state index contributed by atoms with van der Waals surface area (Å²) in [5, 5.41) is 5.41. The molecule has 7 heteroatoms. The summed E-state index contributed by atoms with van der Waals surface area (Å²) < 4.78 is 0. The van der Waals surface area contributed by atoms with Crippen LogP contribution in [0.5, 0.6) is 0 Å². The van der Waals surface area contributed by atoms with Crippen LogP contribution in [0.15, 0.2) is 28.5 Å². The number of rotatable bonds is 4. The molecular formula is C17H18Cl2N4S. The molecule has 0 unspecified atom stereocenters. The molecule has 1 N–H and O–H groups in total. The Bertz CT molecular complexity index is 782. The molecule has 1 aromatic carbocycles. The van der Waals surface area contributed by atoms with Crippen molar-refractivity contribution >= 4 is 46.9 Å². The lowest BCUT2D eigenvalue weighted by Gasteiger charge is -2.15. The van der Waals surface area contributed by atoms with Crippen LogP contribution >= 0.6 is 35.0 Å². The first-order chi connectivity index (χ1) is 11.4. The summed E-state index contributed by atoms with van der Waals surface area (Å²) in [4.78, 5) is 8.34. The van der Waals surface area contributed by atoms with E-state index in [2.05, 4.69) is 46.5 Å². The summed E-state index contributed by atoms with van der Waals surface area (Å²) in [6.45, 7) is 4.56. The second-order valence-corrected chi connectivity index (χ2v) is 8.03. The number of hydrogen-bond donors (Lipinski definition) is 1. The first-order valence-corrected chi connectivity index (χ1v) is 9.54. The number of hydrazone groups is 1. The van der Waals surface area contributed by atoms with E-state index in [1.807, 2.05) is 12.3 Å². The zero-order valence-corrected chi connectivity index (χ0v) is 16.1. The van der Waals surface area contributed by atoms with Crippen molar-refractivity contribution in [2.75, 3.05) is 11.7 Å². The summed E-state index contributed by atoms with van der Waals surface area (Å²) in [5.41, 5.74) is 7.63. The average Bonchev–Trinajstić information content (AvgIpc) is 2.84. The molecular weight excluding hydrogens is 363 g/mol. The van der Waals surface area contributed by atoms with E-state index in [1.165, 1.54) is 22.9 Å². The van der Waals surface area contributed by atoms with Crippen molar-refractivity contribution in [3.8, 4) is 0 Å². The van der Waals surface area contributed by atoms with Gasteiger partial charge in [-0.2, -0.15) is 5.10 Å². The fraction of sp³-hybridized carbons (Fsp3) is 0.353. The lowest BCUT2D eigenvalue weighted by Crippen LogP contribution is -2.09. The first kappa shape index (κ1) is 17.5. The monoisotopic (exact) mass is 380 g/mol. The summed E-state index contributed by atoms with van der Waals surface area (Å²) in [6.07, 6.45) is 5.56. The molecule has 1 heterocycles. The number of aromatic nitrogens is 2. The Morgan fingerprint density at radius 2 is 1.92 bits per heavy atom. The van der Waals surface area contributed by atoms with Crippen LogP contribution in [0, 0.1) is 5.41 Å². The van der Waals surface area contributed by atoms with E-state index in [9.17, 15) is 0 Å². The van der Waals surface area contributed by atoms with Gasteiger partial charge in [-0.3, -0.25) is 5.43 Å². The zero-order valence-electron chi connectivity index (χ0n) is 13.7. The highest BCUT2D eigenvalue weighted by Crippen LogP contribution is 2.39. The van der Waals surface area contributed by atoms with E-state index >= 15 is 0 Å². The highest BCUT2D eigenvalue weighted by molar-refractivity contribution is 7.98. The molecule has 1 aliphatic carbocycles. The molecule has 0 amide bonds. The molecule has 126 valence electrons. The third-order valence-corrected chi connectivity index (χ3v) is 5.11. The molecule has 0 atom stereocenters. The highest BCUT2D eigenvalue weighted by Gasteiger charge is 2.29. The summed E-state index contributed by atoms with van der Waals surface area (Å²) in [6, 6.07) is 6.27. The third kappa shape index (κ3) is 3.68. The topological polar surface area (TPSA) is 50.2 Å². The lowest BCUT2D eigenvalue weighted by molar-refractivity contribution is 0.393. The van der Waals surface area contributed by atoms with Crippen LogP contribution in [-0.4, -0.2) is 22.4 Å². The van der Waals surface area contributed by atoms with Gasteiger partial charge in [0.05, 0.1) is 17.5 Å². The SMILES string of the molecule is CSc1nc(Cl)c(/C=N/Nc2cccc3c2CC(C)(C)C3)c(Cl)n1. The number of thioether (sulfide) groups is 1. The molecule has 0 bridgehead atoms. The van der Waals surface area contributed by atoms with Gasteiger partial charge < -0.3 is 0 Å². The van der Waals surface area contributed by atoms with Crippen LogP contribution in [0.2, 0.25) is 10.3 Å². The molecule has 0 saturated heterocycles. The van der Waals surface area contributed by atoms with Crippen LogP contribution in [0.3, 0.4) is 0 Å². The van der Waals surface area contributed by atoms with Gasteiger partial charge in [0.15, 0.2) is 5.16 Å². The third-order valence-electron chi connectivity index (χ3n) is 3.99. The maximum atomic E-state index is 6.16. The molecule has 24 heavy (non-hydrogen) atoms. The molecule has 2 aromatic rings. The number of anilines is 1. The van der Waals surface area contributed by atoms with Gasteiger partial charge in [-0.1, -0.05) is 60.9 Å². The van der Waals surface area contributed by atoms with Crippen LogP contribution in [0.25, 0.3) is 0 Å². The van der Waals surface area contributed by atoms with Crippen LogP contribution < -0.4 is 5.43 Å². The summed E-state index contributed by atoms with van der Waals surface area (Å²) in [5.74, 6) is 0. The van der Waals surface area contributed by atoms with E-state index < -0.39 is 0 Å². The number of benzene rings is 1. The number of halogens is 2. The number of nitrogens with one attached hydrogen (secondary N) is 1. The van der Waals surface area contributed by atoms with Gasteiger partial charge in [0.1, 0.15) is 10.3 Å². The fourth-order valence-electron chi connectivity index (χ4n) is 2.93. The van der Waals surface area contributed by atoms with Gasteiger partial charge in [-0.25, -0.2) is 9.97 Å². The summed E-state index contributed by atoms with van der Waals surface area (Å²) >= 11 is 13.7. The smallest absolute Gasteiger partial charge is 0.190 e. The van der Waals surface area contributed by atoms with Crippen molar-refractivity contribution < 1.29 is 0 Å². The van der Waals surface area contributed by atoms with E-state index in [0.29, 0.717) is 21.0 Å². The average molecular weight is 381 g/mol. The second-order valence-electron chi connectivity index (χ2n) is 6.54. The Labute approximate surface area is 156 Å². The quantitative estimate of drug-likeness (QED) is 0.264. The molecule has 4 nitrogen and oxygen atoms in total. The molecule has 0 radical (unpaired) electrons. The van der Waals surface area contributed by atoms with Crippen LogP contribution in [0.1, 0.15) is 30.5 Å². The Morgan fingerprint density at radius 3 is 2.58 bits per heavy atom. The van der Waals surface area contributed by atoms with E-state index in [1.54, 1.807) is 6.21 Å². The fourth-order valence-corrected chi connectivity index (χ4v) is 3.88. The minimum atomic E-state index is 0.290. The van der Waals surface area contributed by atoms with Crippen molar-refractivity contribution in [2.24, 2.45) is 10.5 Å². The Balaban J connectivity index is 1.81. The number of fused-ring (bicyclic) bond motifs is 1. The standard InChI is InChI=1S/C17H18Cl2N4S/c1-17(2)7-10-5-4-6-13(11(10)8-17)23-20-9-12-14(18)21-16(24-3)22-15(12)19/h4-6,9,23H,7-8H2,1-3H3/b20-9+. The summed E-state index contributed by atoms with van der Waals surface area (Å²) in [7, 11) is 0. The molecule has 3 rings (SSSR count). The van der Waals surface area contributed by atoms with Gasteiger partial charge in [0.2, 0.25) is 0 Å². The Kier molecular flexibility index (Phi) is 5.04. The number of hydrogen-bond acceptors (Lipinski definition) is 5. The molecule has 1 aromatic heterocycles. The molecule has 0 spiro atoms. The molecule has 0 fully saturated rings. The van der Waals surface area contributed by atoms with Crippen molar-refractivity contribution in [1.82, 2.24) is 9.97 Å². The van der Waals surface area contributed by atoms with Gasteiger partial charge >= 0.3 is 0 Å². The predicted molar refractivity (Wildman–Crippen MR) is 103 cm³/mol. The predicted octanol–water partition coefficient (Wildman–Crippen LogP) is 5.08. The van der Waals surface area contributed by atoms with E-state index in [-0.39, 0.29) is 5.41 Å². The largest absolute Gasteiger partial charge is 0.278 e. The zero-order chi connectivity index (χ0) is 17.3. The van der Waals surface area contributed by atoms with Crippen LogP contribution in [0.4, 0.5) is 5.69 Å². The minimum absolute atomic E-state index is 0.290. The maximum Gasteiger partial charge on any atom is 0.190 e. The normalized spacial score (nSPS) is 15.7. The van der Waals surface area contributed by atoms with Crippen molar-refractivity contribution in [1.29, 1.82) is 0 Å². The molecule has 1 aliphatic rings. The van der Waals surface area contributed by atoms with Gasteiger partial charge in [-0.15, -0.1) is 0 Å². The first-order valence-electron chi connectivity index (χ1n) is 7.56.